The zero-order chi connectivity index (χ0) is 19.2. The molecule has 2 aromatic carbocycles. The molecular weight excluding hydrogens is 352 g/mol. The minimum Gasteiger partial charge on any atom is -0.491 e. The van der Waals surface area contributed by atoms with E-state index in [1.165, 1.54) is 12.1 Å². The van der Waals surface area contributed by atoms with Gasteiger partial charge in [0.05, 0.1) is 17.5 Å². The van der Waals surface area contributed by atoms with E-state index in [4.69, 9.17) is 4.74 Å². The number of benzene rings is 2. The fraction of sp³-hybridized carbons (Fsp3) is 0.316. The molecule has 0 aliphatic heterocycles. The lowest BCUT2D eigenvalue weighted by molar-refractivity contribution is -0.115. The summed E-state index contributed by atoms with van der Waals surface area (Å²) in [5.41, 5.74) is 1.79. The van der Waals surface area contributed by atoms with E-state index in [0.717, 1.165) is 12.0 Å². The zero-order valence-corrected chi connectivity index (χ0v) is 16.0. The van der Waals surface area contributed by atoms with Crippen LogP contribution in [0.4, 0.5) is 5.69 Å². The maximum absolute atomic E-state index is 12.3. The number of ether oxygens (including phenoxy) is 1. The molecule has 26 heavy (non-hydrogen) atoms. The molecule has 2 rings (SSSR count). The summed E-state index contributed by atoms with van der Waals surface area (Å²) in [7, 11) is -3.77. The predicted molar refractivity (Wildman–Crippen MR) is 102 cm³/mol. The molecule has 0 atom stereocenters. The van der Waals surface area contributed by atoms with Crippen molar-refractivity contribution in [3.05, 3.63) is 54.1 Å². The van der Waals surface area contributed by atoms with Gasteiger partial charge in [0.25, 0.3) is 0 Å². The van der Waals surface area contributed by atoms with Crippen LogP contribution in [-0.2, 0) is 21.2 Å². The first-order valence-electron chi connectivity index (χ1n) is 8.45. The average Bonchev–Trinajstić information content (AvgIpc) is 2.61. The smallest absolute Gasteiger partial charge is 0.241 e. The third kappa shape index (κ3) is 5.86. The van der Waals surface area contributed by atoms with Gasteiger partial charge in [-0.1, -0.05) is 19.1 Å². The third-order valence-corrected chi connectivity index (χ3v) is 4.99. The Kier molecular flexibility index (Phi) is 6.76. The van der Waals surface area contributed by atoms with Crippen LogP contribution in [0.25, 0.3) is 0 Å². The molecule has 0 spiro atoms. The highest BCUT2D eigenvalue weighted by molar-refractivity contribution is 7.89. The molecule has 0 radical (unpaired) electrons. The molecule has 0 unspecified atom stereocenters. The van der Waals surface area contributed by atoms with Crippen molar-refractivity contribution in [2.24, 2.45) is 0 Å². The van der Waals surface area contributed by atoms with E-state index in [2.05, 4.69) is 10.0 Å². The van der Waals surface area contributed by atoms with Crippen LogP contribution in [0.3, 0.4) is 0 Å². The average molecular weight is 376 g/mol. The van der Waals surface area contributed by atoms with Crippen molar-refractivity contribution < 1.29 is 17.9 Å². The molecule has 7 heteroatoms. The summed E-state index contributed by atoms with van der Waals surface area (Å²) in [4.78, 5) is 12.0. The van der Waals surface area contributed by atoms with Gasteiger partial charge in [0.15, 0.2) is 0 Å². The summed E-state index contributed by atoms with van der Waals surface area (Å²) < 4.78 is 32.3. The second kappa shape index (κ2) is 8.82. The fourth-order valence-electron chi connectivity index (χ4n) is 2.24. The molecule has 0 bridgehead atoms. The fourth-order valence-corrected chi connectivity index (χ4v) is 3.22. The largest absolute Gasteiger partial charge is 0.491 e. The lowest BCUT2D eigenvalue weighted by atomic mass is 10.1. The monoisotopic (exact) mass is 376 g/mol. The van der Waals surface area contributed by atoms with Gasteiger partial charge in [0.1, 0.15) is 5.75 Å². The number of carbonyl (C=O) groups excluding carboxylic acids is 1. The Morgan fingerprint density at radius 2 is 1.65 bits per heavy atom. The zero-order valence-electron chi connectivity index (χ0n) is 15.2. The topological polar surface area (TPSA) is 84.5 Å². The second-order valence-corrected chi connectivity index (χ2v) is 7.83. The van der Waals surface area contributed by atoms with E-state index in [1.54, 1.807) is 24.3 Å². The van der Waals surface area contributed by atoms with Crippen LogP contribution in [0.5, 0.6) is 5.75 Å². The van der Waals surface area contributed by atoms with Crippen LogP contribution in [-0.4, -0.2) is 27.0 Å². The van der Waals surface area contributed by atoms with Gasteiger partial charge in [0, 0.05) is 5.69 Å². The molecule has 6 nitrogen and oxygen atoms in total. The summed E-state index contributed by atoms with van der Waals surface area (Å²) in [6.07, 6.45) is 0.917. The van der Waals surface area contributed by atoms with Crippen LogP contribution >= 0.6 is 0 Å². The van der Waals surface area contributed by atoms with E-state index in [1.807, 2.05) is 32.9 Å². The molecule has 0 saturated heterocycles. The number of rotatable bonds is 8. The molecule has 0 aromatic heterocycles. The molecule has 2 aromatic rings. The van der Waals surface area contributed by atoms with Gasteiger partial charge >= 0.3 is 0 Å². The van der Waals surface area contributed by atoms with Crippen molar-refractivity contribution in [1.82, 2.24) is 4.72 Å². The van der Waals surface area contributed by atoms with Crippen LogP contribution in [0.15, 0.2) is 53.4 Å². The molecule has 1 amide bonds. The third-order valence-electron chi connectivity index (χ3n) is 3.57. The molecular formula is C19H24N2O4S. The molecule has 140 valence electrons. The van der Waals surface area contributed by atoms with Gasteiger partial charge in [0.2, 0.25) is 15.9 Å². The minimum atomic E-state index is -3.77. The predicted octanol–water partition coefficient (Wildman–Crippen LogP) is 2.95. The van der Waals surface area contributed by atoms with Crippen molar-refractivity contribution in [2.45, 2.75) is 38.2 Å². The number of aryl methyl sites for hydroxylation is 1. The number of sulfonamides is 1. The number of amides is 1. The Balaban J connectivity index is 1.92. The normalized spacial score (nSPS) is 11.4. The summed E-state index contributed by atoms with van der Waals surface area (Å²) in [6, 6.07) is 13.5. The second-order valence-electron chi connectivity index (χ2n) is 6.06. The SMILES string of the molecule is CCc1ccc(NC(=O)CNS(=O)(=O)c2ccc(OC(C)C)cc2)cc1. The standard InChI is InChI=1S/C19H24N2O4S/c1-4-15-5-7-16(8-6-15)21-19(22)13-20-26(23,24)18-11-9-17(10-12-18)25-14(2)3/h5-12,14,20H,4,13H2,1-3H3,(H,21,22). The van der Waals surface area contributed by atoms with Crippen LogP contribution in [0.1, 0.15) is 26.3 Å². The summed E-state index contributed by atoms with van der Waals surface area (Å²) in [5.74, 6) is 0.157. The van der Waals surface area contributed by atoms with Gasteiger partial charge in [-0.3, -0.25) is 4.79 Å². The van der Waals surface area contributed by atoms with Gasteiger partial charge in [-0.25, -0.2) is 13.1 Å². The van der Waals surface area contributed by atoms with Gasteiger partial charge in [-0.05, 0) is 62.2 Å². The summed E-state index contributed by atoms with van der Waals surface area (Å²) in [5, 5.41) is 2.66. The number of anilines is 1. The minimum absolute atomic E-state index is 0.00525. The van der Waals surface area contributed by atoms with Gasteiger partial charge in [-0.2, -0.15) is 0 Å². The van der Waals surface area contributed by atoms with Crippen molar-refractivity contribution in [3.63, 3.8) is 0 Å². The van der Waals surface area contributed by atoms with Gasteiger partial charge < -0.3 is 10.1 Å². The maximum Gasteiger partial charge on any atom is 0.241 e. The number of carbonyl (C=O) groups is 1. The first-order valence-corrected chi connectivity index (χ1v) is 9.93. The lowest BCUT2D eigenvalue weighted by Gasteiger charge is -2.11. The van der Waals surface area contributed by atoms with Crippen LogP contribution in [0, 0.1) is 0 Å². The van der Waals surface area contributed by atoms with Crippen molar-refractivity contribution in [3.8, 4) is 5.75 Å². The van der Waals surface area contributed by atoms with E-state index in [-0.39, 0.29) is 17.5 Å². The molecule has 0 aliphatic rings. The van der Waals surface area contributed by atoms with Crippen molar-refractivity contribution >= 4 is 21.6 Å². The Bertz CT molecular complexity index is 829. The highest BCUT2D eigenvalue weighted by Gasteiger charge is 2.15. The summed E-state index contributed by atoms with van der Waals surface area (Å²) in [6.45, 7) is 5.48. The first kappa shape index (κ1) is 19.9. The van der Waals surface area contributed by atoms with Crippen LogP contribution in [0.2, 0.25) is 0 Å². The van der Waals surface area contributed by atoms with Crippen LogP contribution < -0.4 is 14.8 Å². The summed E-state index contributed by atoms with van der Waals surface area (Å²) >= 11 is 0. The number of hydrogen-bond acceptors (Lipinski definition) is 4. The molecule has 0 saturated carbocycles. The van der Waals surface area contributed by atoms with E-state index < -0.39 is 15.9 Å². The Hall–Kier alpha value is -2.38. The molecule has 0 aliphatic carbocycles. The Morgan fingerprint density at radius 1 is 1.04 bits per heavy atom. The Morgan fingerprint density at radius 3 is 2.19 bits per heavy atom. The first-order chi connectivity index (χ1) is 12.3. The van der Waals surface area contributed by atoms with Crippen molar-refractivity contribution in [2.75, 3.05) is 11.9 Å². The Labute approximate surface area is 154 Å². The maximum atomic E-state index is 12.3. The lowest BCUT2D eigenvalue weighted by Crippen LogP contribution is -2.32. The molecule has 0 fully saturated rings. The van der Waals surface area contributed by atoms with Crippen molar-refractivity contribution in [1.29, 1.82) is 0 Å². The van der Waals surface area contributed by atoms with E-state index >= 15 is 0 Å². The van der Waals surface area contributed by atoms with E-state index in [9.17, 15) is 13.2 Å². The molecule has 0 heterocycles. The van der Waals surface area contributed by atoms with E-state index in [0.29, 0.717) is 11.4 Å². The number of hydrogen-bond donors (Lipinski definition) is 2. The number of nitrogens with one attached hydrogen (secondary N) is 2. The van der Waals surface area contributed by atoms with Gasteiger partial charge in [-0.15, -0.1) is 0 Å². The highest BCUT2D eigenvalue weighted by Crippen LogP contribution is 2.17. The highest BCUT2D eigenvalue weighted by atomic mass is 32.2. The quantitative estimate of drug-likeness (QED) is 0.742. The molecule has 2 N–H and O–H groups in total.